The summed E-state index contributed by atoms with van der Waals surface area (Å²) in [5.41, 5.74) is 1.30. The fourth-order valence-electron chi connectivity index (χ4n) is 2.73. The van der Waals surface area contributed by atoms with E-state index in [0.29, 0.717) is 27.6 Å². The zero-order chi connectivity index (χ0) is 19.4. The van der Waals surface area contributed by atoms with Crippen molar-refractivity contribution in [2.75, 3.05) is 17.7 Å². The molecule has 5 nitrogen and oxygen atoms in total. The van der Waals surface area contributed by atoms with Gasteiger partial charge in [-0.05, 0) is 36.8 Å². The molecule has 0 aliphatic rings. The van der Waals surface area contributed by atoms with E-state index in [4.69, 9.17) is 11.6 Å². The molecule has 3 aromatic rings. The summed E-state index contributed by atoms with van der Waals surface area (Å²) in [6, 6.07) is 14.4. The number of carbonyl (C=O) groups is 1. The summed E-state index contributed by atoms with van der Waals surface area (Å²) in [7, 11) is 1.71. The van der Waals surface area contributed by atoms with Gasteiger partial charge < -0.3 is 4.90 Å². The van der Waals surface area contributed by atoms with Crippen molar-refractivity contribution in [1.29, 1.82) is 0 Å². The summed E-state index contributed by atoms with van der Waals surface area (Å²) < 4.78 is 1.65. The van der Waals surface area contributed by atoms with Crippen LogP contribution in [-0.4, -0.2) is 28.3 Å². The molecule has 1 heterocycles. The monoisotopic (exact) mass is 401 g/mol. The number of hydrogen-bond donors (Lipinski definition) is 0. The van der Waals surface area contributed by atoms with Crippen LogP contribution in [0, 0.1) is 0 Å². The van der Waals surface area contributed by atoms with Crippen LogP contribution in [0.4, 0.5) is 5.69 Å². The van der Waals surface area contributed by atoms with E-state index in [0.717, 1.165) is 12.1 Å². The minimum atomic E-state index is -0.0901. The topological polar surface area (TPSA) is 55.2 Å². The van der Waals surface area contributed by atoms with Crippen molar-refractivity contribution in [3.63, 3.8) is 0 Å². The van der Waals surface area contributed by atoms with Gasteiger partial charge in [-0.15, -0.1) is 0 Å². The lowest BCUT2D eigenvalue weighted by atomic mass is 10.2. The first-order chi connectivity index (χ1) is 13.0. The van der Waals surface area contributed by atoms with E-state index in [1.54, 1.807) is 40.8 Å². The number of halogens is 1. The van der Waals surface area contributed by atoms with Crippen LogP contribution < -0.4 is 10.5 Å². The van der Waals surface area contributed by atoms with Crippen molar-refractivity contribution < 1.29 is 4.79 Å². The van der Waals surface area contributed by atoms with E-state index in [9.17, 15) is 9.59 Å². The molecule has 0 atom stereocenters. The minimum Gasteiger partial charge on any atom is -0.315 e. The maximum Gasteiger partial charge on any atom is 0.262 e. The minimum absolute atomic E-state index is 0.0689. The average Bonchev–Trinajstić information content (AvgIpc) is 2.68. The van der Waals surface area contributed by atoms with E-state index in [2.05, 4.69) is 4.98 Å². The Hall–Kier alpha value is -2.31. The van der Waals surface area contributed by atoms with E-state index in [-0.39, 0.29) is 17.2 Å². The molecule has 0 radical (unpaired) electrons. The predicted octanol–water partition coefficient (Wildman–Crippen LogP) is 4.22. The van der Waals surface area contributed by atoms with Gasteiger partial charge in [-0.2, -0.15) is 0 Å². The molecule has 0 N–H and O–H groups in total. The van der Waals surface area contributed by atoms with Gasteiger partial charge in [0.05, 0.1) is 16.7 Å². The molecule has 0 aliphatic carbocycles. The molecule has 27 heavy (non-hydrogen) atoms. The van der Waals surface area contributed by atoms with Gasteiger partial charge in [0.1, 0.15) is 0 Å². The van der Waals surface area contributed by atoms with Crippen LogP contribution in [0.2, 0.25) is 5.02 Å². The zero-order valence-corrected chi connectivity index (χ0v) is 16.8. The van der Waals surface area contributed by atoms with Gasteiger partial charge in [0, 0.05) is 24.3 Å². The number of carbonyl (C=O) groups excluding carboxylic acids is 1. The quantitative estimate of drug-likeness (QED) is 0.458. The number of amides is 1. The summed E-state index contributed by atoms with van der Waals surface area (Å²) in [5, 5.41) is 1.74. The Bertz CT molecular complexity index is 1040. The molecule has 1 aromatic heterocycles. The molecule has 0 fully saturated rings. The highest BCUT2D eigenvalue weighted by atomic mass is 35.5. The van der Waals surface area contributed by atoms with Crippen molar-refractivity contribution in [3.05, 3.63) is 63.9 Å². The predicted molar refractivity (Wildman–Crippen MR) is 112 cm³/mol. The summed E-state index contributed by atoms with van der Waals surface area (Å²) in [4.78, 5) is 31.5. The van der Waals surface area contributed by atoms with Crippen LogP contribution in [0.5, 0.6) is 0 Å². The number of nitrogens with zero attached hydrogens (tertiary/aromatic N) is 3. The van der Waals surface area contributed by atoms with Gasteiger partial charge in [0.15, 0.2) is 5.16 Å². The van der Waals surface area contributed by atoms with Crippen molar-refractivity contribution in [1.82, 2.24) is 9.55 Å². The molecule has 7 heteroatoms. The van der Waals surface area contributed by atoms with E-state index in [1.165, 1.54) is 11.8 Å². The highest BCUT2D eigenvalue weighted by Crippen LogP contribution is 2.22. The van der Waals surface area contributed by atoms with Gasteiger partial charge in [-0.1, -0.05) is 48.5 Å². The lowest BCUT2D eigenvalue weighted by Crippen LogP contribution is -2.29. The third-order valence-corrected chi connectivity index (χ3v) is 5.36. The number of anilines is 1. The molecular weight excluding hydrogens is 382 g/mol. The Kier molecular flexibility index (Phi) is 6.19. The van der Waals surface area contributed by atoms with Gasteiger partial charge >= 0.3 is 0 Å². The van der Waals surface area contributed by atoms with Gasteiger partial charge in [0.25, 0.3) is 5.56 Å². The second-order valence-electron chi connectivity index (χ2n) is 6.09. The second kappa shape index (κ2) is 8.59. The normalized spacial score (nSPS) is 10.9. The fourth-order valence-corrected chi connectivity index (χ4v) is 3.85. The molecule has 140 valence electrons. The van der Waals surface area contributed by atoms with E-state index < -0.39 is 0 Å². The van der Waals surface area contributed by atoms with E-state index in [1.807, 2.05) is 31.2 Å². The number of hydrogen-bond acceptors (Lipinski definition) is 4. The second-order valence-corrected chi connectivity index (χ2v) is 7.47. The van der Waals surface area contributed by atoms with Crippen LogP contribution >= 0.6 is 23.4 Å². The number of para-hydroxylation sites is 1. The third-order valence-electron chi connectivity index (χ3n) is 4.17. The SMILES string of the molecule is CCCn1c(SCC(=O)N(C)c2cccc(Cl)c2)nc2ccccc2c1=O. The van der Waals surface area contributed by atoms with Crippen LogP contribution in [0.1, 0.15) is 13.3 Å². The Morgan fingerprint density at radius 2 is 2.00 bits per heavy atom. The largest absolute Gasteiger partial charge is 0.315 e. The first-order valence-electron chi connectivity index (χ1n) is 8.65. The van der Waals surface area contributed by atoms with Crippen molar-refractivity contribution in [2.24, 2.45) is 0 Å². The van der Waals surface area contributed by atoms with Crippen molar-refractivity contribution in [2.45, 2.75) is 25.0 Å². The molecule has 0 unspecified atom stereocenters. The van der Waals surface area contributed by atoms with Crippen molar-refractivity contribution in [3.8, 4) is 0 Å². The Labute approximate surface area is 167 Å². The lowest BCUT2D eigenvalue weighted by Gasteiger charge is -2.18. The maximum atomic E-state index is 12.8. The molecule has 0 saturated carbocycles. The average molecular weight is 402 g/mol. The van der Waals surface area contributed by atoms with Gasteiger partial charge in [0.2, 0.25) is 5.91 Å². The molecule has 1 amide bonds. The molecule has 0 bridgehead atoms. The number of rotatable bonds is 6. The van der Waals surface area contributed by atoms with Gasteiger partial charge in [-0.25, -0.2) is 4.98 Å². The number of fused-ring (bicyclic) bond motifs is 1. The fraction of sp³-hybridized carbons (Fsp3) is 0.250. The summed E-state index contributed by atoms with van der Waals surface area (Å²) >= 11 is 7.28. The first kappa shape index (κ1) is 19.5. The molecule has 3 rings (SSSR count). The highest BCUT2D eigenvalue weighted by Gasteiger charge is 2.16. The number of aromatic nitrogens is 2. The van der Waals surface area contributed by atoms with Crippen LogP contribution in [0.15, 0.2) is 58.5 Å². The third kappa shape index (κ3) is 4.34. The Morgan fingerprint density at radius 3 is 2.74 bits per heavy atom. The molecule has 0 aliphatic heterocycles. The molecule has 0 spiro atoms. The smallest absolute Gasteiger partial charge is 0.262 e. The standard InChI is InChI=1S/C20H20ClN3O2S/c1-3-11-24-19(26)16-9-4-5-10-17(16)22-20(24)27-13-18(25)23(2)15-8-6-7-14(21)12-15/h4-10,12H,3,11,13H2,1-2H3. The molecule has 2 aromatic carbocycles. The lowest BCUT2D eigenvalue weighted by molar-refractivity contribution is -0.115. The first-order valence-corrected chi connectivity index (χ1v) is 10.0. The van der Waals surface area contributed by atoms with Crippen molar-refractivity contribution >= 4 is 45.9 Å². The summed E-state index contributed by atoms with van der Waals surface area (Å²) in [6.45, 7) is 2.57. The summed E-state index contributed by atoms with van der Waals surface area (Å²) in [6.07, 6.45) is 0.809. The number of benzene rings is 2. The van der Waals surface area contributed by atoms with E-state index >= 15 is 0 Å². The van der Waals surface area contributed by atoms with Crippen LogP contribution in [0.3, 0.4) is 0 Å². The molecular formula is C20H20ClN3O2S. The van der Waals surface area contributed by atoms with Crippen LogP contribution in [0.25, 0.3) is 10.9 Å². The Morgan fingerprint density at radius 1 is 1.22 bits per heavy atom. The highest BCUT2D eigenvalue weighted by molar-refractivity contribution is 7.99. The Balaban J connectivity index is 1.84. The maximum absolute atomic E-state index is 12.8. The molecule has 0 saturated heterocycles. The summed E-state index contributed by atoms with van der Waals surface area (Å²) in [5.74, 6) is 0.0880. The zero-order valence-electron chi connectivity index (χ0n) is 15.2. The van der Waals surface area contributed by atoms with Gasteiger partial charge in [-0.3, -0.25) is 14.2 Å². The van der Waals surface area contributed by atoms with Crippen LogP contribution in [-0.2, 0) is 11.3 Å². The number of thioether (sulfide) groups is 1.